The molecule has 1 aromatic carbocycles. The Balaban J connectivity index is -0.000000555. The van der Waals surface area contributed by atoms with Gasteiger partial charge in [0, 0.05) is 48.6 Å². The number of nitrogens with two attached hydrogens (primary N) is 3. The first-order chi connectivity index (χ1) is 25.2. The lowest BCUT2D eigenvalue weighted by Gasteiger charge is -2.21. The largest absolute Gasteiger partial charge is 0.872 e. The summed E-state index contributed by atoms with van der Waals surface area (Å²) in [5.74, 6) is -1.91. The fourth-order valence-corrected chi connectivity index (χ4v) is 4.42. The van der Waals surface area contributed by atoms with Gasteiger partial charge >= 0.3 is 0 Å². The molecule has 0 radical (unpaired) electrons. The topological polar surface area (TPSA) is 209 Å². The number of hydrogen-bond donors (Lipinski definition) is 3. The monoisotopic (exact) mass is 748 g/mol. The van der Waals surface area contributed by atoms with Gasteiger partial charge in [-0.3, -0.25) is 0 Å². The summed E-state index contributed by atoms with van der Waals surface area (Å²) in [5.41, 5.74) is 0.487. The minimum absolute atomic E-state index is 0.0718. The Hall–Kier alpha value is -2.66. The maximum absolute atomic E-state index is 10.3. The number of carboxylic acids is 2. The van der Waals surface area contributed by atoms with Crippen molar-refractivity contribution in [2.75, 3.05) is 122 Å². The smallest absolute Gasteiger partial charge is 0.0993 e. The highest BCUT2D eigenvalue weighted by Crippen LogP contribution is 2.22. The van der Waals surface area contributed by atoms with Crippen LogP contribution in [-0.2, 0) is 38.0 Å². The van der Waals surface area contributed by atoms with E-state index in [0.717, 1.165) is 124 Å². The minimum atomic E-state index is -0.991. The van der Waals surface area contributed by atoms with Crippen LogP contribution in [0, 0.1) is 5.92 Å². The number of allylic oxidation sites excluding steroid dienone is 1. The number of aliphatic carboxylic acids is 2. The molecular weight excluding hydrogens is 674 g/mol. The van der Waals surface area contributed by atoms with Gasteiger partial charge in [0.2, 0.25) is 0 Å². The van der Waals surface area contributed by atoms with Crippen LogP contribution in [0.25, 0.3) is 0 Å². The lowest BCUT2D eigenvalue weighted by molar-refractivity contribution is -0.657. The first kappa shape index (κ1) is 53.7. The van der Waals surface area contributed by atoms with Gasteiger partial charge in [-0.15, -0.1) is 5.75 Å². The standard InChI is InChI=1S/C7H12O2.C7H10O2.3C6H15NO2.C6H6O/c2*8-7(9)6-4-2-1-3-5-6;3*1-8-5-3-7-4-6-9-2;7-6-4-2-1-3-5-6/h6H,1-5H2,(H,8,9);4H,1-3,5H2,(H,8,9);3*7H,3-6H2,1-2H3;1-5,7H. The van der Waals surface area contributed by atoms with Crippen LogP contribution in [0.4, 0.5) is 0 Å². The highest BCUT2D eigenvalue weighted by molar-refractivity contribution is 5.84. The molecule has 14 heteroatoms. The van der Waals surface area contributed by atoms with Crippen molar-refractivity contribution in [1.82, 2.24) is 0 Å². The Labute approximate surface area is 313 Å². The van der Waals surface area contributed by atoms with Crippen LogP contribution in [0.3, 0.4) is 0 Å². The van der Waals surface area contributed by atoms with Crippen molar-refractivity contribution in [1.29, 1.82) is 0 Å². The third kappa shape index (κ3) is 45.4. The van der Waals surface area contributed by atoms with E-state index < -0.39 is 11.9 Å². The molecule has 2 aliphatic carbocycles. The van der Waals surface area contributed by atoms with E-state index in [9.17, 15) is 24.9 Å². The molecule has 0 saturated heterocycles. The van der Waals surface area contributed by atoms with E-state index in [2.05, 4.69) is 16.0 Å². The predicted molar refractivity (Wildman–Crippen MR) is 195 cm³/mol. The zero-order valence-corrected chi connectivity index (χ0v) is 33.1. The quantitative estimate of drug-likeness (QED) is 0.123. The van der Waals surface area contributed by atoms with Crippen molar-refractivity contribution < 1.29 is 69.3 Å². The van der Waals surface area contributed by atoms with Crippen LogP contribution in [-0.4, -0.2) is 134 Å². The molecule has 0 bridgehead atoms. The summed E-state index contributed by atoms with van der Waals surface area (Å²) in [6, 6.07) is 8.33. The van der Waals surface area contributed by atoms with Crippen molar-refractivity contribution in [2.24, 2.45) is 5.92 Å². The zero-order valence-electron chi connectivity index (χ0n) is 33.1. The lowest BCUT2D eigenvalue weighted by Crippen LogP contribution is -2.86. The lowest BCUT2D eigenvalue weighted by atomic mass is 9.90. The second-order valence-corrected chi connectivity index (χ2v) is 11.8. The van der Waals surface area contributed by atoms with Crippen molar-refractivity contribution in [3.63, 3.8) is 0 Å². The summed E-state index contributed by atoms with van der Waals surface area (Å²) in [7, 11) is 10.3. The number of carbonyl (C=O) groups is 2. The summed E-state index contributed by atoms with van der Waals surface area (Å²) in [5, 5.41) is 37.2. The zero-order chi connectivity index (χ0) is 39.3. The van der Waals surface area contributed by atoms with E-state index in [-0.39, 0.29) is 11.7 Å². The second kappa shape index (κ2) is 46.4. The molecule has 0 heterocycles. The van der Waals surface area contributed by atoms with Crippen LogP contribution >= 0.6 is 0 Å². The third-order valence-corrected chi connectivity index (χ3v) is 7.39. The maximum atomic E-state index is 10.3. The van der Waals surface area contributed by atoms with Gasteiger partial charge < -0.3 is 69.3 Å². The summed E-state index contributed by atoms with van der Waals surface area (Å²) in [6.07, 6.45) is 10.5. The summed E-state index contributed by atoms with van der Waals surface area (Å²) >= 11 is 0. The van der Waals surface area contributed by atoms with Gasteiger partial charge in [0.05, 0.1) is 84.9 Å². The second-order valence-electron chi connectivity index (χ2n) is 11.8. The summed E-state index contributed by atoms with van der Waals surface area (Å²) in [6.45, 7) is 11.1. The molecule has 0 amide bonds. The molecule has 1 aromatic rings. The van der Waals surface area contributed by atoms with E-state index in [1.807, 2.05) is 6.07 Å². The number of quaternary nitrogens is 3. The molecule has 14 nitrogen and oxygen atoms in total. The highest BCUT2D eigenvalue weighted by atomic mass is 16.5. The molecule has 6 N–H and O–H groups in total. The molecule has 1 saturated carbocycles. The third-order valence-electron chi connectivity index (χ3n) is 7.39. The minimum Gasteiger partial charge on any atom is -0.872 e. The molecule has 1 fully saturated rings. The van der Waals surface area contributed by atoms with E-state index in [1.165, 1.54) is 18.6 Å². The van der Waals surface area contributed by atoms with Crippen LogP contribution < -0.4 is 31.3 Å². The highest BCUT2D eigenvalue weighted by Gasteiger charge is 2.13. The molecule has 0 aromatic heterocycles. The SMILES string of the molecule is COCC[NH2+]CCOC.COCC[NH2+]CCOC.COCC[NH2+]CCOC.O=C([O-])C1=CCCCC1.O=C([O-])C1CCCCC1.[O-]c1ccccc1. The molecule has 0 atom stereocenters. The van der Waals surface area contributed by atoms with E-state index in [1.54, 1.807) is 60.9 Å². The number of carbonyl (C=O) groups excluding carboxylic acids is 2. The number of carboxylic acid groups (broad SMARTS) is 2. The Morgan fingerprint density at radius 2 is 0.981 bits per heavy atom. The molecule has 306 valence electrons. The molecule has 3 rings (SSSR count). The maximum Gasteiger partial charge on any atom is 0.0993 e. The number of methoxy groups -OCH3 is 6. The van der Waals surface area contributed by atoms with Gasteiger partial charge in [0.15, 0.2) is 0 Å². The molecule has 0 unspecified atom stereocenters. The van der Waals surface area contributed by atoms with Crippen molar-refractivity contribution >= 4 is 11.9 Å². The Morgan fingerprint density at radius 3 is 1.19 bits per heavy atom. The van der Waals surface area contributed by atoms with E-state index >= 15 is 0 Å². The van der Waals surface area contributed by atoms with Gasteiger partial charge in [-0.05, 0) is 50.0 Å². The molecule has 0 aliphatic heterocycles. The van der Waals surface area contributed by atoms with E-state index in [4.69, 9.17) is 28.4 Å². The van der Waals surface area contributed by atoms with Gasteiger partial charge in [0.25, 0.3) is 0 Å². The average Bonchev–Trinajstić information content (AvgIpc) is 3.17. The Kier molecular flexibility index (Phi) is 47.9. The summed E-state index contributed by atoms with van der Waals surface area (Å²) in [4.78, 5) is 20.4. The number of hydrogen-bond acceptors (Lipinski definition) is 11. The van der Waals surface area contributed by atoms with Crippen LogP contribution in [0.1, 0.15) is 57.8 Å². The number of benzene rings is 1. The van der Waals surface area contributed by atoms with Crippen LogP contribution in [0.15, 0.2) is 42.0 Å². The molecule has 0 spiro atoms. The van der Waals surface area contributed by atoms with Crippen molar-refractivity contribution in [3.05, 3.63) is 42.0 Å². The molecule has 2 aliphatic rings. The van der Waals surface area contributed by atoms with Crippen LogP contribution in [0.5, 0.6) is 5.75 Å². The fraction of sp³-hybridized carbons (Fsp3) is 0.737. The number of para-hydroxylation sites is 1. The van der Waals surface area contributed by atoms with Crippen molar-refractivity contribution in [3.8, 4) is 5.75 Å². The normalized spacial score (nSPS) is 13.4. The van der Waals surface area contributed by atoms with Crippen molar-refractivity contribution in [2.45, 2.75) is 57.8 Å². The van der Waals surface area contributed by atoms with Gasteiger partial charge in [-0.1, -0.05) is 55.7 Å². The van der Waals surface area contributed by atoms with E-state index in [0.29, 0.717) is 12.0 Å². The number of ether oxygens (including phenoxy) is 6. The Bertz CT molecular complexity index is 839. The average molecular weight is 748 g/mol. The first-order valence-electron chi connectivity index (χ1n) is 18.5. The van der Waals surface area contributed by atoms with Gasteiger partial charge in [0.1, 0.15) is 0 Å². The Morgan fingerprint density at radius 1 is 0.596 bits per heavy atom. The first-order valence-corrected chi connectivity index (χ1v) is 18.5. The van der Waals surface area contributed by atoms with Crippen LogP contribution in [0.2, 0.25) is 0 Å². The fourth-order valence-electron chi connectivity index (χ4n) is 4.42. The van der Waals surface area contributed by atoms with Gasteiger partial charge in [-0.2, -0.15) is 0 Å². The summed E-state index contributed by atoms with van der Waals surface area (Å²) < 4.78 is 29.1. The molecular formula is C38H73N3O11. The predicted octanol–water partition coefficient (Wildman–Crippen LogP) is -2.16. The van der Waals surface area contributed by atoms with Gasteiger partial charge in [-0.25, -0.2) is 0 Å². The number of rotatable bonds is 20. The molecule has 52 heavy (non-hydrogen) atoms.